The molecule has 2 atom stereocenters. The summed E-state index contributed by atoms with van der Waals surface area (Å²) >= 11 is 0. The van der Waals surface area contributed by atoms with Gasteiger partial charge in [0.1, 0.15) is 13.2 Å². The average Bonchev–Trinajstić information content (AvgIpc) is 3.23. The predicted molar refractivity (Wildman–Crippen MR) is 109 cm³/mol. The van der Waals surface area contributed by atoms with E-state index in [1.807, 2.05) is 19.1 Å². The zero-order valence-corrected chi connectivity index (χ0v) is 17.1. The van der Waals surface area contributed by atoms with E-state index < -0.39 is 0 Å². The maximum atomic E-state index is 12.7. The van der Waals surface area contributed by atoms with Crippen molar-refractivity contribution < 1.29 is 19.1 Å². The van der Waals surface area contributed by atoms with Crippen LogP contribution in [0.25, 0.3) is 0 Å². The van der Waals surface area contributed by atoms with Gasteiger partial charge in [0.05, 0.1) is 6.04 Å². The van der Waals surface area contributed by atoms with E-state index in [1.165, 1.54) is 6.42 Å². The largest absolute Gasteiger partial charge is 0.486 e. The highest BCUT2D eigenvalue weighted by molar-refractivity contribution is 5.96. The fraction of sp³-hybridized carbons (Fsp3) is 0.636. The molecule has 0 unspecified atom stereocenters. The van der Waals surface area contributed by atoms with Crippen LogP contribution in [0.2, 0.25) is 0 Å². The lowest BCUT2D eigenvalue weighted by Crippen LogP contribution is -2.51. The van der Waals surface area contributed by atoms with Crippen molar-refractivity contribution in [2.75, 3.05) is 19.8 Å². The fourth-order valence-corrected chi connectivity index (χ4v) is 4.71. The van der Waals surface area contributed by atoms with Gasteiger partial charge in [-0.05, 0) is 56.8 Å². The number of urea groups is 1. The maximum absolute atomic E-state index is 12.7. The molecule has 7 heteroatoms. The van der Waals surface area contributed by atoms with E-state index in [9.17, 15) is 9.59 Å². The molecule has 3 aliphatic rings. The summed E-state index contributed by atoms with van der Waals surface area (Å²) in [6.45, 7) is 3.83. The van der Waals surface area contributed by atoms with Gasteiger partial charge in [-0.2, -0.15) is 0 Å². The van der Waals surface area contributed by atoms with E-state index in [0.717, 1.165) is 62.1 Å². The van der Waals surface area contributed by atoms with Crippen molar-refractivity contribution in [1.29, 1.82) is 0 Å². The molecular formula is C22H31N3O4. The number of benzene rings is 1. The van der Waals surface area contributed by atoms with E-state index in [1.54, 1.807) is 0 Å². The Kier molecular flexibility index (Phi) is 6.23. The quantitative estimate of drug-likeness (QED) is 0.810. The molecule has 0 bridgehead atoms. The minimum atomic E-state index is -0.382. The number of rotatable bonds is 4. The number of ether oxygens (including phenoxy) is 2. The summed E-state index contributed by atoms with van der Waals surface area (Å²) in [6, 6.07) is 5.59. The Bertz CT molecular complexity index is 748. The number of hydrogen-bond acceptors (Lipinski definition) is 5. The predicted octanol–water partition coefficient (Wildman–Crippen LogP) is 3.14. The Labute approximate surface area is 172 Å². The molecule has 1 saturated carbocycles. The number of likely N-dealkylation sites (tertiary alicyclic amines) is 1. The third kappa shape index (κ3) is 4.66. The van der Waals surface area contributed by atoms with E-state index in [0.29, 0.717) is 13.2 Å². The lowest BCUT2D eigenvalue weighted by molar-refractivity contribution is -0.125. The van der Waals surface area contributed by atoms with Crippen LogP contribution in [-0.4, -0.2) is 48.7 Å². The molecule has 1 aromatic carbocycles. The molecule has 0 aromatic heterocycles. The van der Waals surface area contributed by atoms with Crippen LogP contribution in [0.15, 0.2) is 18.2 Å². The van der Waals surface area contributed by atoms with Crippen LogP contribution >= 0.6 is 0 Å². The second kappa shape index (κ2) is 9.03. The third-order valence-corrected chi connectivity index (χ3v) is 6.30. The molecule has 0 spiro atoms. The Morgan fingerprint density at radius 2 is 1.79 bits per heavy atom. The third-order valence-electron chi connectivity index (χ3n) is 6.30. The lowest BCUT2D eigenvalue weighted by atomic mass is 9.96. The number of hydrogen-bond donors (Lipinski definition) is 2. The van der Waals surface area contributed by atoms with Crippen LogP contribution in [0.3, 0.4) is 0 Å². The highest BCUT2D eigenvalue weighted by Crippen LogP contribution is 2.38. The lowest BCUT2D eigenvalue weighted by Gasteiger charge is -2.31. The van der Waals surface area contributed by atoms with Crippen LogP contribution < -0.4 is 20.1 Å². The zero-order valence-electron chi connectivity index (χ0n) is 17.1. The van der Waals surface area contributed by atoms with E-state index in [2.05, 4.69) is 21.6 Å². The van der Waals surface area contributed by atoms with Crippen LogP contribution in [0.5, 0.6) is 11.5 Å². The van der Waals surface area contributed by atoms with Gasteiger partial charge in [-0.3, -0.25) is 15.0 Å². The number of nitrogens with one attached hydrogen (secondary N) is 2. The molecule has 158 valence electrons. The number of nitrogens with zero attached hydrogens (tertiary/aromatic N) is 1. The maximum Gasteiger partial charge on any atom is 0.321 e. The summed E-state index contributed by atoms with van der Waals surface area (Å²) in [6.07, 6.45) is 7.49. The van der Waals surface area contributed by atoms with Gasteiger partial charge in [0.25, 0.3) is 0 Å². The van der Waals surface area contributed by atoms with Crippen molar-refractivity contribution in [3.05, 3.63) is 23.8 Å². The molecule has 2 N–H and O–H groups in total. The summed E-state index contributed by atoms with van der Waals surface area (Å²) in [7, 11) is 0. The number of carbonyl (C=O) groups excluding carboxylic acids is 2. The Morgan fingerprint density at radius 1 is 1.03 bits per heavy atom. The number of fused-ring (bicyclic) bond motifs is 1. The first kappa shape index (κ1) is 20.0. The molecule has 2 aliphatic heterocycles. The van der Waals surface area contributed by atoms with Gasteiger partial charge in [-0.1, -0.05) is 25.3 Å². The smallest absolute Gasteiger partial charge is 0.321 e. The number of amides is 3. The topological polar surface area (TPSA) is 79.9 Å². The highest BCUT2D eigenvalue weighted by Gasteiger charge is 2.34. The summed E-state index contributed by atoms with van der Waals surface area (Å²) in [5.74, 6) is 1.29. The van der Waals surface area contributed by atoms with Gasteiger partial charge < -0.3 is 14.8 Å². The molecule has 2 fully saturated rings. The van der Waals surface area contributed by atoms with E-state index in [-0.39, 0.29) is 30.1 Å². The van der Waals surface area contributed by atoms with Crippen molar-refractivity contribution in [3.63, 3.8) is 0 Å². The summed E-state index contributed by atoms with van der Waals surface area (Å²) in [4.78, 5) is 27.2. The van der Waals surface area contributed by atoms with Gasteiger partial charge in [-0.15, -0.1) is 0 Å². The summed E-state index contributed by atoms with van der Waals surface area (Å²) < 4.78 is 11.3. The van der Waals surface area contributed by atoms with E-state index >= 15 is 0 Å². The van der Waals surface area contributed by atoms with Crippen LogP contribution in [0, 0.1) is 0 Å². The first-order chi connectivity index (χ1) is 14.1. The first-order valence-electron chi connectivity index (χ1n) is 10.9. The average molecular weight is 402 g/mol. The summed E-state index contributed by atoms with van der Waals surface area (Å²) in [5.41, 5.74) is 1.12. The Balaban J connectivity index is 1.37. The van der Waals surface area contributed by atoms with Crippen molar-refractivity contribution >= 4 is 11.9 Å². The van der Waals surface area contributed by atoms with Gasteiger partial charge in [0.2, 0.25) is 5.91 Å². The SMILES string of the molecule is C[C@H](C(=O)NC(=O)NC1CCCCC1)N1CCC[C@H]1c1ccc2c(c1)OCCO2. The molecule has 1 aromatic rings. The fourth-order valence-electron chi connectivity index (χ4n) is 4.71. The van der Waals surface area contributed by atoms with Gasteiger partial charge >= 0.3 is 6.03 Å². The second-order valence-corrected chi connectivity index (χ2v) is 8.27. The molecule has 3 amide bonds. The van der Waals surface area contributed by atoms with Gasteiger partial charge in [0, 0.05) is 12.1 Å². The van der Waals surface area contributed by atoms with Gasteiger partial charge in [-0.25, -0.2) is 4.79 Å². The molecule has 2 heterocycles. The molecule has 1 aliphatic carbocycles. The van der Waals surface area contributed by atoms with Crippen LogP contribution in [-0.2, 0) is 4.79 Å². The standard InChI is InChI=1S/C22H31N3O4/c1-15(21(26)24-22(27)23-17-6-3-2-4-7-17)25-11-5-8-18(25)16-9-10-19-20(14-16)29-13-12-28-19/h9-10,14-15,17-18H,2-8,11-13H2,1H3,(H2,23,24,26,27)/t15-,18+/m1/s1. The number of imide groups is 1. The summed E-state index contributed by atoms with van der Waals surface area (Å²) in [5, 5.41) is 5.50. The van der Waals surface area contributed by atoms with Crippen molar-refractivity contribution in [2.24, 2.45) is 0 Å². The van der Waals surface area contributed by atoms with Crippen molar-refractivity contribution in [1.82, 2.24) is 15.5 Å². The van der Waals surface area contributed by atoms with Crippen molar-refractivity contribution in [3.8, 4) is 11.5 Å². The van der Waals surface area contributed by atoms with Gasteiger partial charge in [0.15, 0.2) is 11.5 Å². The Hall–Kier alpha value is -2.28. The normalized spacial score (nSPS) is 23.4. The molecule has 4 rings (SSSR count). The second-order valence-electron chi connectivity index (χ2n) is 8.27. The van der Waals surface area contributed by atoms with E-state index in [4.69, 9.17) is 9.47 Å². The monoisotopic (exact) mass is 401 g/mol. The van der Waals surface area contributed by atoms with Crippen LogP contribution in [0.1, 0.15) is 63.5 Å². The molecule has 0 radical (unpaired) electrons. The number of carbonyl (C=O) groups is 2. The van der Waals surface area contributed by atoms with Crippen molar-refractivity contribution in [2.45, 2.75) is 70.0 Å². The van der Waals surface area contributed by atoms with Crippen LogP contribution in [0.4, 0.5) is 4.79 Å². The zero-order chi connectivity index (χ0) is 20.2. The molecule has 1 saturated heterocycles. The minimum absolute atomic E-state index is 0.132. The highest BCUT2D eigenvalue weighted by atomic mass is 16.6. The minimum Gasteiger partial charge on any atom is -0.486 e. The molecular weight excluding hydrogens is 370 g/mol. The first-order valence-corrected chi connectivity index (χ1v) is 10.9. The molecule has 7 nitrogen and oxygen atoms in total. The molecule has 29 heavy (non-hydrogen) atoms. The Morgan fingerprint density at radius 3 is 2.59 bits per heavy atom.